The van der Waals surface area contributed by atoms with Crippen molar-refractivity contribution in [3.05, 3.63) is 0 Å². The van der Waals surface area contributed by atoms with Gasteiger partial charge in [0.25, 0.3) is 0 Å². The van der Waals surface area contributed by atoms with E-state index < -0.39 is 0 Å². The molecule has 0 spiro atoms. The Morgan fingerprint density at radius 2 is 1.94 bits per heavy atom. The average Bonchev–Trinajstić information content (AvgIpc) is 2.29. The molecule has 1 fully saturated rings. The van der Waals surface area contributed by atoms with Crippen LogP contribution >= 0.6 is 15.9 Å². The molecular weight excluding hydrogens is 266 g/mol. The lowest BCUT2D eigenvalue weighted by atomic mass is 9.86. The largest absolute Gasteiger partial charge is 0.353 e. The minimum Gasteiger partial charge on any atom is -0.353 e. The number of nitrogens with one attached hydrogen (secondary N) is 1. The smallest absolute Gasteiger partial charge is 0.220 e. The van der Waals surface area contributed by atoms with Gasteiger partial charge < -0.3 is 5.32 Å². The molecule has 1 aliphatic rings. The number of hydrogen-bond acceptors (Lipinski definition) is 1. The van der Waals surface area contributed by atoms with Crippen molar-refractivity contribution < 1.29 is 4.79 Å². The first kappa shape index (κ1) is 14.0. The normalized spacial score (nSPS) is 21.4. The summed E-state index contributed by atoms with van der Waals surface area (Å²) >= 11 is 3.45. The molecule has 2 atom stereocenters. The zero-order chi connectivity index (χ0) is 12.0. The van der Waals surface area contributed by atoms with Gasteiger partial charge in [0.1, 0.15) is 0 Å². The van der Waals surface area contributed by atoms with Crippen molar-refractivity contribution >= 4 is 21.8 Å². The second kappa shape index (κ2) is 7.31. The number of rotatable bonds is 5. The molecule has 1 amide bonds. The van der Waals surface area contributed by atoms with E-state index >= 15 is 0 Å². The third-order valence-corrected chi connectivity index (χ3v) is 4.71. The summed E-state index contributed by atoms with van der Waals surface area (Å²) in [5, 5.41) is 4.05. The van der Waals surface area contributed by atoms with Crippen molar-refractivity contribution in [3.63, 3.8) is 0 Å². The highest BCUT2D eigenvalue weighted by Crippen LogP contribution is 2.26. The molecule has 0 aliphatic heterocycles. The fraction of sp³-hybridized carbons (Fsp3) is 0.923. The molecule has 3 heteroatoms. The van der Waals surface area contributed by atoms with Crippen LogP contribution in [0.15, 0.2) is 0 Å². The molecule has 0 aromatic rings. The maximum atomic E-state index is 11.8. The molecule has 0 aromatic carbocycles. The van der Waals surface area contributed by atoms with E-state index in [0.29, 0.717) is 11.8 Å². The molecule has 0 bridgehead atoms. The van der Waals surface area contributed by atoms with E-state index in [1.54, 1.807) is 0 Å². The van der Waals surface area contributed by atoms with Gasteiger partial charge in [-0.1, -0.05) is 42.1 Å². The summed E-state index contributed by atoms with van der Waals surface area (Å²) in [5.74, 6) is 1.38. The highest BCUT2D eigenvalue weighted by molar-refractivity contribution is 9.09. The molecule has 2 nitrogen and oxygen atoms in total. The maximum Gasteiger partial charge on any atom is 0.220 e. The first-order valence-corrected chi connectivity index (χ1v) is 7.61. The number of amides is 1. The summed E-state index contributed by atoms with van der Waals surface area (Å²) in [4.78, 5) is 11.8. The van der Waals surface area contributed by atoms with E-state index in [2.05, 4.69) is 35.1 Å². The summed E-state index contributed by atoms with van der Waals surface area (Å²) in [6.07, 6.45) is 7.21. The quantitative estimate of drug-likeness (QED) is 0.772. The van der Waals surface area contributed by atoms with Crippen LogP contribution in [0, 0.1) is 11.8 Å². The fourth-order valence-electron chi connectivity index (χ4n) is 2.24. The summed E-state index contributed by atoms with van der Waals surface area (Å²) in [6.45, 7) is 4.24. The van der Waals surface area contributed by atoms with Crippen LogP contribution < -0.4 is 5.32 Å². The van der Waals surface area contributed by atoms with Gasteiger partial charge in [-0.05, 0) is 31.6 Å². The molecule has 2 unspecified atom stereocenters. The second-order valence-corrected chi connectivity index (χ2v) is 5.84. The Labute approximate surface area is 108 Å². The molecule has 0 heterocycles. The third kappa shape index (κ3) is 4.86. The molecule has 1 aliphatic carbocycles. The minimum atomic E-state index is 0.243. The van der Waals surface area contributed by atoms with Gasteiger partial charge >= 0.3 is 0 Å². The zero-order valence-corrected chi connectivity index (χ0v) is 12.1. The van der Waals surface area contributed by atoms with E-state index in [1.165, 1.54) is 32.1 Å². The van der Waals surface area contributed by atoms with Gasteiger partial charge in [0.15, 0.2) is 0 Å². The van der Waals surface area contributed by atoms with Crippen LogP contribution in [0.3, 0.4) is 0 Å². The predicted molar refractivity (Wildman–Crippen MR) is 71.8 cm³/mol. The topological polar surface area (TPSA) is 29.1 Å². The van der Waals surface area contributed by atoms with Gasteiger partial charge in [-0.3, -0.25) is 4.79 Å². The van der Waals surface area contributed by atoms with Crippen molar-refractivity contribution in [2.45, 2.75) is 58.4 Å². The van der Waals surface area contributed by atoms with E-state index in [-0.39, 0.29) is 11.9 Å². The van der Waals surface area contributed by atoms with Crippen molar-refractivity contribution in [2.24, 2.45) is 11.8 Å². The second-order valence-electron chi connectivity index (χ2n) is 5.20. The van der Waals surface area contributed by atoms with Crippen LogP contribution in [0.5, 0.6) is 0 Å². The Morgan fingerprint density at radius 1 is 1.31 bits per heavy atom. The zero-order valence-electron chi connectivity index (χ0n) is 10.5. The fourth-order valence-corrected chi connectivity index (χ4v) is 2.80. The lowest BCUT2D eigenvalue weighted by Crippen LogP contribution is -2.38. The van der Waals surface area contributed by atoms with E-state index in [4.69, 9.17) is 0 Å². The summed E-state index contributed by atoms with van der Waals surface area (Å²) < 4.78 is 0. The number of alkyl halides is 1. The molecule has 1 rings (SSSR count). The lowest BCUT2D eigenvalue weighted by molar-refractivity contribution is -0.123. The number of carbonyl (C=O) groups is 1. The van der Waals surface area contributed by atoms with Crippen LogP contribution in [0.1, 0.15) is 52.4 Å². The van der Waals surface area contributed by atoms with Gasteiger partial charge in [-0.25, -0.2) is 0 Å². The van der Waals surface area contributed by atoms with Crippen LogP contribution in [0.2, 0.25) is 0 Å². The number of hydrogen-bond donors (Lipinski definition) is 1. The Kier molecular flexibility index (Phi) is 6.40. The molecule has 1 saturated carbocycles. The summed E-state index contributed by atoms with van der Waals surface area (Å²) in [6, 6.07) is 0.274. The summed E-state index contributed by atoms with van der Waals surface area (Å²) in [7, 11) is 0. The summed E-state index contributed by atoms with van der Waals surface area (Å²) in [5.41, 5.74) is 0. The average molecular weight is 290 g/mol. The molecular formula is C13H24BrNO. The van der Waals surface area contributed by atoms with Crippen LogP contribution in [0.4, 0.5) is 0 Å². The van der Waals surface area contributed by atoms with Crippen molar-refractivity contribution in [1.82, 2.24) is 5.32 Å². The number of carbonyl (C=O) groups excluding carboxylic acids is 1. The first-order valence-electron chi connectivity index (χ1n) is 6.48. The minimum absolute atomic E-state index is 0.243. The number of halogens is 1. The molecule has 0 aromatic heterocycles. The monoisotopic (exact) mass is 289 g/mol. The van der Waals surface area contributed by atoms with Crippen molar-refractivity contribution in [3.8, 4) is 0 Å². The van der Waals surface area contributed by atoms with Gasteiger partial charge in [-0.2, -0.15) is 0 Å². The Morgan fingerprint density at radius 3 is 2.50 bits per heavy atom. The van der Waals surface area contributed by atoms with Gasteiger partial charge in [0.05, 0.1) is 0 Å². The standard InChI is InChI=1S/C13H24BrNO/c1-10(9-14)11(2)15-13(16)8-12-6-4-3-5-7-12/h10-12H,3-9H2,1-2H3,(H,15,16). The Bertz CT molecular complexity index is 208. The van der Waals surface area contributed by atoms with E-state index in [0.717, 1.165) is 11.8 Å². The van der Waals surface area contributed by atoms with E-state index in [1.807, 2.05) is 0 Å². The molecule has 0 saturated heterocycles. The van der Waals surface area contributed by atoms with Crippen molar-refractivity contribution in [2.75, 3.05) is 5.33 Å². The van der Waals surface area contributed by atoms with Crippen LogP contribution in [0.25, 0.3) is 0 Å². The first-order chi connectivity index (χ1) is 7.63. The van der Waals surface area contributed by atoms with E-state index in [9.17, 15) is 4.79 Å². The third-order valence-electron chi connectivity index (χ3n) is 3.68. The van der Waals surface area contributed by atoms with Gasteiger partial charge in [0, 0.05) is 17.8 Å². The SMILES string of the molecule is CC(CBr)C(C)NC(=O)CC1CCCCC1. The highest BCUT2D eigenvalue weighted by atomic mass is 79.9. The molecule has 0 radical (unpaired) electrons. The molecule has 16 heavy (non-hydrogen) atoms. The van der Waals surface area contributed by atoms with Gasteiger partial charge in [0.2, 0.25) is 5.91 Å². The molecule has 94 valence electrons. The Hall–Kier alpha value is -0.0500. The predicted octanol–water partition coefficient (Wildman–Crippen LogP) is 3.49. The van der Waals surface area contributed by atoms with Crippen LogP contribution in [-0.4, -0.2) is 17.3 Å². The van der Waals surface area contributed by atoms with Crippen molar-refractivity contribution in [1.29, 1.82) is 0 Å². The lowest BCUT2D eigenvalue weighted by Gasteiger charge is -2.23. The highest BCUT2D eigenvalue weighted by Gasteiger charge is 2.19. The molecule has 1 N–H and O–H groups in total. The van der Waals surface area contributed by atoms with Gasteiger partial charge in [-0.15, -0.1) is 0 Å². The maximum absolute atomic E-state index is 11.8. The Balaban J connectivity index is 2.23. The van der Waals surface area contributed by atoms with Crippen LogP contribution in [-0.2, 0) is 4.79 Å².